The maximum atomic E-state index is 13.2. The number of benzene rings is 2. The van der Waals surface area contributed by atoms with Crippen LogP contribution in [0.2, 0.25) is 5.02 Å². The van der Waals surface area contributed by atoms with Gasteiger partial charge in [-0.05, 0) is 36.6 Å². The third-order valence-electron chi connectivity index (χ3n) is 4.69. The smallest absolute Gasteiger partial charge is 0.299 e. The molecule has 0 amide bonds. The predicted octanol–water partition coefficient (Wildman–Crippen LogP) is 4.72. The first kappa shape index (κ1) is 24.0. The van der Waals surface area contributed by atoms with Crippen molar-refractivity contribution in [1.29, 1.82) is 0 Å². The molecule has 29 heavy (non-hydrogen) atoms. The minimum atomic E-state index is -4.81. The van der Waals surface area contributed by atoms with Gasteiger partial charge >= 0.3 is 6.18 Å². The second-order valence-electron chi connectivity index (χ2n) is 6.80. The molecule has 0 saturated carbocycles. The Labute approximate surface area is 179 Å². The molecule has 1 saturated heterocycles. The van der Waals surface area contributed by atoms with Crippen LogP contribution in [0, 0.1) is 0 Å². The van der Waals surface area contributed by atoms with Crippen molar-refractivity contribution in [3.05, 3.63) is 64.7 Å². The highest BCUT2D eigenvalue weighted by Crippen LogP contribution is 2.36. The van der Waals surface area contributed by atoms with Gasteiger partial charge in [-0.15, -0.1) is 12.4 Å². The van der Waals surface area contributed by atoms with Crippen LogP contribution >= 0.6 is 24.0 Å². The van der Waals surface area contributed by atoms with E-state index in [1.54, 1.807) is 0 Å². The lowest BCUT2D eigenvalue weighted by Gasteiger charge is -2.32. The summed E-state index contributed by atoms with van der Waals surface area (Å²) >= 11 is 5.63. The number of halogens is 5. The van der Waals surface area contributed by atoms with Crippen LogP contribution < -0.4 is 4.72 Å². The molecule has 160 valence electrons. The molecule has 0 radical (unpaired) electrons. The van der Waals surface area contributed by atoms with E-state index in [4.69, 9.17) is 11.6 Å². The quantitative estimate of drug-likeness (QED) is 0.690. The van der Waals surface area contributed by atoms with Gasteiger partial charge in [-0.2, -0.15) is 13.2 Å². The van der Waals surface area contributed by atoms with E-state index in [0.717, 1.165) is 24.2 Å². The Morgan fingerprint density at radius 3 is 2.28 bits per heavy atom. The van der Waals surface area contributed by atoms with Gasteiger partial charge in [0.15, 0.2) is 0 Å². The highest BCUT2D eigenvalue weighted by Gasteiger charge is 2.38. The molecule has 0 spiro atoms. The molecule has 1 aliphatic rings. The van der Waals surface area contributed by atoms with E-state index in [1.165, 1.54) is 0 Å². The molecule has 1 aliphatic heterocycles. The normalized spacial score (nSPS) is 16.4. The largest absolute Gasteiger partial charge is 0.417 e. The second-order valence-corrected chi connectivity index (χ2v) is 8.91. The van der Waals surface area contributed by atoms with Crippen LogP contribution in [0.5, 0.6) is 0 Å². The van der Waals surface area contributed by atoms with Gasteiger partial charge in [-0.25, -0.2) is 13.1 Å². The summed E-state index contributed by atoms with van der Waals surface area (Å²) < 4.78 is 67.3. The summed E-state index contributed by atoms with van der Waals surface area (Å²) in [6.07, 6.45) is -3.75. The van der Waals surface area contributed by atoms with Gasteiger partial charge in [0.25, 0.3) is 0 Å². The summed E-state index contributed by atoms with van der Waals surface area (Å²) in [4.78, 5) is 1.40. The van der Waals surface area contributed by atoms with Crippen LogP contribution in [0.3, 0.4) is 0 Å². The van der Waals surface area contributed by atoms with E-state index >= 15 is 0 Å². The van der Waals surface area contributed by atoms with Crippen LogP contribution in [-0.2, 0) is 22.7 Å². The predicted molar refractivity (Wildman–Crippen MR) is 109 cm³/mol. The van der Waals surface area contributed by atoms with Gasteiger partial charge in [0.2, 0.25) is 10.0 Å². The van der Waals surface area contributed by atoms with Crippen LogP contribution in [0.15, 0.2) is 53.4 Å². The highest BCUT2D eigenvalue weighted by atomic mass is 35.5. The second kappa shape index (κ2) is 9.66. The average Bonchev–Trinajstić information content (AvgIpc) is 2.63. The zero-order valence-corrected chi connectivity index (χ0v) is 17.7. The van der Waals surface area contributed by atoms with Crippen molar-refractivity contribution >= 4 is 34.0 Å². The lowest BCUT2D eigenvalue weighted by atomic mass is 10.1. The SMILES string of the molecule is Cl.O=S(=O)(NC1CCN(Cc2ccccc2)CC1)c1ccc(Cl)cc1C(F)(F)F. The fourth-order valence-corrected chi connectivity index (χ4v) is 4.98. The molecule has 0 atom stereocenters. The molecule has 1 heterocycles. The molecular weight excluding hydrogens is 448 g/mol. The number of hydrogen-bond donors (Lipinski definition) is 1. The topological polar surface area (TPSA) is 49.4 Å². The zero-order valence-electron chi connectivity index (χ0n) is 15.3. The van der Waals surface area contributed by atoms with Crippen molar-refractivity contribution in [3.63, 3.8) is 0 Å². The van der Waals surface area contributed by atoms with Crippen molar-refractivity contribution in [3.8, 4) is 0 Å². The highest BCUT2D eigenvalue weighted by molar-refractivity contribution is 7.89. The molecule has 2 aromatic rings. The Kier molecular flexibility index (Phi) is 7.98. The first-order chi connectivity index (χ1) is 13.1. The minimum absolute atomic E-state index is 0. The minimum Gasteiger partial charge on any atom is -0.299 e. The van der Waals surface area contributed by atoms with Gasteiger partial charge in [0.1, 0.15) is 0 Å². The number of rotatable bonds is 5. The monoisotopic (exact) mass is 468 g/mol. The average molecular weight is 469 g/mol. The van der Waals surface area contributed by atoms with E-state index in [0.29, 0.717) is 32.0 Å². The molecule has 3 rings (SSSR count). The molecule has 2 aromatic carbocycles. The van der Waals surface area contributed by atoms with Gasteiger partial charge in [0.05, 0.1) is 10.5 Å². The van der Waals surface area contributed by atoms with Crippen LogP contribution in [-0.4, -0.2) is 32.4 Å². The number of sulfonamides is 1. The molecule has 1 fully saturated rings. The first-order valence-electron chi connectivity index (χ1n) is 8.80. The van der Waals surface area contributed by atoms with E-state index < -0.39 is 32.7 Å². The third kappa shape index (κ3) is 6.33. The Hall–Kier alpha value is -1.32. The zero-order chi connectivity index (χ0) is 20.4. The fraction of sp³-hybridized carbons (Fsp3) is 0.368. The number of nitrogens with one attached hydrogen (secondary N) is 1. The summed E-state index contributed by atoms with van der Waals surface area (Å²) in [5, 5.41) is -0.166. The number of nitrogens with zero attached hydrogens (tertiary/aromatic N) is 1. The molecule has 0 unspecified atom stereocenters. The van der Waals surface area contributed by atoms with E-state index in [2.05, 4.69) is 9.62 Å². The van der Waals surface area contributed by atoms with Crippen LogP contribution in [0.25, 0.3) is 0 Å². The molecule has 0 aliphatic carbocycles. The molecule has 10 heteroatoms. The fourth-order valence-electron chi connectivity index (χ4n) is 3.29. The standard InChI is InChI=1S/C19H20ClF3N2O2S.ClH/c20-15-6-7-18(17(12-15)19(21,22)23)28(26,27)24-16-8-10-25(11-9-16)13-14-4-2-1-3-5-14;/h1-7,12,16,24H,8-11,13H2;1H. The molecular formula is C19H21Cl2F3N2O2S. The van der Waals surface area contributed by atoms with Gasteiger partial charge < -0.3 is 0 Å². The molecule has 1 N–H and O–H groups in total. The van der Waals surface area contributed by atoms with Gasteiger partial charge in [-0.3, -0.25) is 4.90 Å². The maximum Gasteiger partial charge on any atom is 0.417 e. The summed E-state index contributed by atoms with van der Waals surface area (Å²) in [6, 6.07) is 12.2. The van der Waals surface area contributed by atoms with E-state index in [-0.39, 0.29) is 17.4 Å². The van der Waals surface area contributed by atoms with Crippen molar-refractivity contribution in [2.24, 2.45) is 0 Å². The Bertz CT molecular complexity index is 917. The molecule has 4 nitrogen and oxygen atoms in total. The Morgan fingerprint density at radius 2 is 1.69 bits per heavy atom. The summed E-state index contributed by atoms with van der Waals surface area (Å²) in [7, 11) is -4.31. The van der Waals surface area contributed by atoms with Gasteiger partial charge in [-0.1, -0.05) is 41.9 Å². The number of piperidine rings is 1. The lowest BCUT2D eigenvalue weighted by molar-refractivity contribution is -0.139. The number of likely N-dealkylation sites (tertiary alicyclic amines) is 1. The summed E-state index contributed by atoms with van der Waals surface area (Å²) in [6.45, 7) is 2.08. The number of alkyl halides is 3. The van der Waals surface area contributed by atoms with E-state index in [9.17, 15) is 21.6 Å². The van der Waals surface area contributed by atoms with Crippen molar-refractivity contribution < 1.29 is 21.6 Å². The Balaban J connectivity index is 0.00000300. The summed E-state index contributed by atoms with van der Waals surface area (Å²) in [5.74, 6) is 0. The Morgan fingerprint density at radius 1 is 1.07 bits per heavy atom. The van der Waals surface area contributed by atoms with E-state index in [1.807, 2.05) is 30.3 Å². The lowest BCUT2D eigenvalue weighted by Crippen LogP contribution is -2.44. The summed E-state index contributed by atoms with van der Waals surface area (Å²) in [5.41, 5.74) is -0.0912. The van der Waals surface area contributed by atoms with Crippen molar-refractivity contribution in [1.82, 2.24) is 9.62 Å². The molecule has 0 bridgehead atoms. The van der Waals surface area contributed by atoms with Crippen LogP contribution in [0.1, 0.15) is 24.0 Å². The van der Waals surface area contributed by atoms with Crippen molar-refractivity contribution in [2.75, 3.05) is 13.1 Å². The van der Waals surface area contributed by atoms with Crippen molar-refractivity contribution in [2.45, 2.75) is 36.5 Å². The third-order valence-corrected chi connectivity index (χ3v) is 6.51. The number of hydrogen-bond acceptors (Lipinski definition) is 3. The molecule has 0 aromatic heterocycles. The maximum absolute atomic E-state index is 13.2. The van der Waals surface area contributed by atoms with Gasteiger partial charge in [0, 0.05) is 30.7 Å². The van der Waals surface area contributed by atoms with Crippen LogP contribution in [0.4, 0.5) is 13.2 Å². The first-order valence-corrected chi connectivity index (χ1v) is 10.7.